The number of rotatable bonds is 4. The first kappa shape index (κ1) is 14.9. The van der Waals surface area contributed by atoms with Crippen LogP contribution in [-0.4, -0.2) is 85.4 Å². The van der Waals surface area contributed by atoms with Crippen LogP contribution in [0.15, 0.2) is 17.3 Å². The number of sulfonamides is 1. The van der Waals surface area contributed by atoms with E-state index in [1.165, 1.54) is 16.7 Å². The molecule has 20 heavy (non-hydrogen) atoms. The predicted octanol–water partition coefficient (Wildman–Crippen LogP) is -1.20. The minimum Gasteiger partial charge on any atom is -0.339 e. The smallest absolute Gasteiger partial charge is 0.246 e. The monoisotopic (exact) mass is 301 g/mol. The van der Waals surface area contributed by atoms with Crippen molar-refractivity contribution in [2.75, 3.05) is 46.8 Å². The van der Waals surface area contributed by atoms with Crippen LogP contribution in [0.4, 0.5) is 0 Å². The molecule has 0 aromatic carbocycles. The molecule has 0 unspecified atom stereocenters. The van der Waals surface area contributed by atoms with Crippen LogP contribution in [0.25, 0.3) is 0 Å². The number of aromatic amines is 1. The minimum atomic E-state index is -3.50. The summed E-state index contributed by atoms with van der Waals surface area (Å²) < 4.78 is 25.9. The Morgan fingerprint density at radius 1 is 1.35 bits per heavy atom. The van der Waals surface area contributed by atoms with Gasteiger partial charge in [-0.3, -0.25) is 9.89 Å². The van der Waals surface area contributed by atoms with Gasteiger partial charge >= 0.3 is 0 Å². The lowest BCUT2D eigenvalue weighted by Crippen LogP contribution is -2.52. The lowest BCUT2D eigenvalue weighted by molar-refractivity contribution is -0.133. The summed E-state index contributed by atoms with van der Waals surface area (Å²) in [7, 11) is 0.162. The zero-order valence-electron chi connectivity index (χ0n) is 11.6. The Hall–Kier alpha value is -1.45. The number of nitrogens with zero attached hydrogens (tertiary/aromatic N) is 4. The van der Waals surface area contributed by atoms with E-state index < -0.39 is 10.0 Å². The second kappa shape index (κ2) is 5.90. The summed E-state index contributed by atoms with van der Waals surface area (Å²) in [5.41, 5.74) is 0. The van der Waals surface area contributed by atoms with E-state index in [4.69, 9.17) is 0 Å². The van der Waals surface area contributed by atoms with Crippen molar-refractivity contribution in [3.8, 4) is 0 Å². The van der Waals surface area contributed by atoms with Crippen LogP contribution >= 0.6 is 0 Å². The number of aromatic nitrogens is 2. The first-order chi connectivity index (χ1) is 9.41. The number of carbonyl (C=O) groups is 1. The molecule has 8 nitrogen and oxygen atoms in total. The average Bonchev–Trinajstić information content (AvgIpc) is 2.92. The van der Waals surface area contributed by atoms with Gasteiger partial charge in [-0.2, -0.15) is 9.40 Å². The second-order valence-corrected chi connectivity index (χ2v) is 6.89. The van der Waals surface area contributed by atoms with E-state index in [9.17, 15) is 13.2 Å². The Bertz CT molecular complexity index is 547. The summed E-state index contributed by atoms with van der Waals surface area (Å²) in [6.45, 7) is 1.81. The highest BCUT2D eigenvalue weighted by Crippen LogP contribution is 2.16. The number of carbonyl (C=O) groups excluding carboxylic acids is 1. The molecule has 1 aromatic heterocycles. The number of hydrogen-bond acceptors (Lipinski definition) is 5. The molecule has 1 saturated heterocycles. The van der Waals surface area contributed by atoms with Crippen molar-refractivity contribution in [1.82, 2.24) is 24.3 Å². The molecule has 9 heteroatoms. The molecule has 0 saturated carbocycles. The number of amides is 1. The van der Waals surface area contributed by atoms with Crippen molar-refractivity contribution in [2.24, 2.45) is 0 Å². The molecule has 1 aliphatic rings. The first-order valence-electron chi connectivity index (χ1n) is 6.32. The third-order valence-electron chi connectivity index (χ3n) is 3.15. The summed E-state index contributed by atoms with van der Waals surface area (Å²) >= 11 is 0. The first-order valence-corrected chi connectivity index (χ1v) is 7.76. The Labute approximate surface area is 118 Å². The van der Waals surface area contributed by atoms with Gasteiger partial charge < -0.3 is 9.80 Å². The fourth-order valence-corrected chi connectivity index (χ4v) is 3.41. The van der Waals surface area contributed by atoms with Gasteiger partial charge in [-0.25, -0.2) is 8.42 Å². The Kier molecular flexibility index (Phi) is 4.41. The predicted molar refractivity (Wildman–Crippen MR) is 72.5 cm³/mol. The van der Waals surface area contributed by atoms with Gasteiger partial charge in [0.1, 0.15) is 4.90 Å². The molecular weight excluding hydrogens is 282 g/mol. The van der Waals surface area contributed by atoms with Crippen molar-refractivity contribution in [2.45, 2.75) is 4.90 Å². The second-order valence-electron chi connectivity index (χ2n) is 4.96. The molecule has 0 bridgehead atoms. The van der Waals surface area contributed by atoms with Crippen molar-refractivity contribution in [3.05, 3.63) is 12.4 Å². The highest BCUT2D eigenvalue weighted by atomic mass is 32.2. The quantitative estimate of drug-likeness (QED) is 0.755. The molecule has 0 atom stereocenters. The normalized spacial score (nSPS) is 17.6. The summed E-state index contributed by atoms with van der Waals surface area (Å²) in [6, 6.07) is 0. The lowest BCUT2D eigenvalue weighted by atomic mass is 10.3. The largest absolute Gasteiger partial charge is 0.339 e. The van der Waals surface area contributed by atoms with E-state index in [0.29, 0.717) is 32.7 Å². The fourth-order valence-electron chi connectivity index (χ4n) is 2.08. The molecule has 2 rings (SSSR count). The highest BCUT2D eigenvalue weighted by molar-refractivity contribution is 7.89. The van der Waals surface area contributed by atoms with E-state index in [1.54, 1.807) is 9.80 Å². The number of nitrogens with one attached hydrogen (secondary N) is 1. The standard InChI is InChI=1S/C11H19N5O3S/c1-14(2)9-11(17)15-3-5-16(6-4-15)20(18,19)10-7-12-13-8-10/h7-8H,3-6,9H2,1-2H3,(H,12,13). The topological polar surface area (TPSA) is 89.6 Å². The summed E-state index contributed by atoms with van der Waals surface area (Å²) in [5, 5.41) is 6.16. The van der Waals surface area contributed by atoms with E-state index >= 15 is 0 Å². The third-order valence-corrected chi connectivity index (χ3v) is 5.02. The minimum absolute atomic E-state index is 0.0235. The van der Waals surface area contributed by atoms with Gasteiger partial charge in [-0.1, -0.05) is 0 Å². The number of piperazine rings is 1. The number of hydrogen-bond donors (Lipinski definition) is 1. The maximum absolute atomic E-state index is 12.3. The van der Waals surface area contributed by atoms with Crippen LogP contribution in [0.5, 0.6) is 0 Å². The summed E-state index contributed by atoms with van der Waals surface area (Å²) in [4.78, 5) is 15.6. The molecule has 0 spiro atoms. The van der Waals surface area contributed by atoms with Gasteiger partial charge in [0.05, 0.1) is 12.7 Å². The molecule has 0 radical (unpaired) electrons. The molecule has 1 aliphatic heterocycles. The lowest BCUT2D eigenvalue weighted by Gasteiger charge is -2.34. The maximum Gasteiger partial charge on any atom is 0.246 e. The van der Waals surface area contributed by atoms with Crippen molar-refractivity contribution in [1.29, 1.82) is 0 Å². The van der Waals surface area contributed by atoms with E-state index in [0.717, 1.165) is 0 Å². The number of likely N-dealkylation sites (N-methyl/N-ethyl adjacent to an activating group) is 1. The van der Waals surface area contributed by atoms with Crippen molar-refractivity contribution >= 4 is 15.9 Å². The molecule has 1 fully saturated rings. The molecule has 2 heterocycles. The van der Waals surface area contributed by atoms with Gasteiger partial charge in [-0.15, -0.1) is 0 Å². The Balaban J connectivity index is 1.96. The fraction of sp³-hybridized carbons (Fsp3) is 0.636. The molecule has 112 valence electrons. The summed E-state index contributed by atoms with van der Waals surface area (Å²) in [5.74, 6) is 0.0235. The van der Waals surface area contributed by atoms with Gasteiger partial charge in [0.15, 0.2) is 0 Å². The average molecular weight is 301 g/mol. The zero-order valence-corrected chi connectivity index (χ0v) is 12.4. The zero-order chi connectivity index (χ0) is 14.8. The van der Waals surface area contributed by atoms with Gasteiger partial charge in [0, 0.05) is 32.4 Å². The number of H-pyrrole nitrogens is 1. The van der Waals surface area contributed by atoms with Crippen LogP contribution in [0.2, 0.25) is 0 Å². The maximum atomic E-state index is 12.3. The van der Waals surface area contributed by atoms with Crippen molar-refractivity contribution in [3.63, 3.8) is 0 Å². The van der Waals surface area contributed by atoms with Crippen LogP contribution in [0, 0.1) is 0 Å². The molecular formula is C11H19N5O3S. The van der Waals surface area contributed by atoms with Gasteiger partial charge in [-0.05, 0) is 14.1 Å². The Morgan fingerprint density at radius 2 is 2.00 bits per heavy atom. The van der Waals surface area contributed by atoms with E-state index in [-0.39, 0.29) is 10.8 Å². The van der Waals surface area contributed by atoms with Crippen LogP contribution < -0.4 is 0 Å². The van der Waals surface area contributed by atoms with Crippen molar-refractivity contribution < 1.29 is 13.2 Å². The highest BCUT2D eigenvalue weighted by Gasteiger charge is 2.30. The Morgan fingerprint density at radius 3 is 2.50 bits per heavy atom. The van der Waals surface area contributed by atoms with E-state index in [1.807, 2.05) is 14.1 Å². The van der Waals surface area contributed by atoms with Gasteiger partial charge in [0.25, 0.3) is 0 Å². The van der Waals surface area contributed by atoms with Crippen LogP contribution in [-0.2, 0) is 14.8 Å². The third kappa shape index (κ3) is 3.17. The molecule has 1 aromatic rings. The molecule has 1 N–H and O–H groups in total. The summed E-state index contributed by atoms with van der Waals surface area (Å²) in [6.07, 6.45) is 2.65. The van der Waals surface area contributed by atoms with Crippen LogP contribution in [0.1, 0.15) is 0 Å². The molecule has 1 amide bonds. The molecule has 0 aliphatic carbocycles. The van der Waals surface area contributed by atoms with E-state index in [2.05, 4.69) is 10.2 Å². The SMILES string of the molecule is CN(C)CC(=O)N1CCN(S(=O)(=O)c2cn[nH]c2)CC1. The van der Waals surface area contributed by atoms with Crippen LogP contribution in [0.3, 0.4) is 0 Å². The van der Waals surface area contributed by atoms with Gasteiger partial charge in [0.2, 0.25) is 15.9 Å².